The first-order valence-electron chi connectivity index (χ1n) is 5.37. The molecule has 1 aromatic heterocycles. The predicted octanol–water partition coefficient (Wildman–Crippen LogP) is 4.71. The number of benzene rings is 1. The van der Waals surface area contributed by atoms with Crippen molar-refractivity contribution in [1.29, 1.82) is 0 Å². The van der Waals surface area contributed by atoms with Crippen LogP contribution in [0.3, 0.4) is 0 Å². The van der Waals surface area contributed by atoms with Crippen molar-refractivity contribution in [3.8, 4) is 0 Å². The molecule has 0 aliphatic heterocycles. The Morgan fingerprint density at radius 1 is 1.26 bits per heavy atom. The number of nitrogens with one attached hydrogen (secondary N) is 1. The van der Waals surface area contributed by atoms with Crippen molar-refractivity contribution in [2.75, 3.05) is 5.32 Å². The second-order valence-electron chi connectivity index (χ2n) is 3.85. The van der Waals surface area contributed by atoms with Gasteiger partial charge in [0.1, 0.15) is 5.15 Å². The van der Waals surface area contributed by atoms with Gasteiger partial charge in [-0.1, -0.05) is 39.1 Å². The van der Waals surface area contributed by atoms with E-state index in [1.54, 1.807) is 37.3 Å². The zero-order chi connectivity index (χ0) is 14.0. The molecule has 1 aromatic carbocycles. The number of rotatable bonds is 2. The van der Waals surface area contributed by atoms with Gasteiger partial charge >= 0.3 is 0 Å². The smallest absolute Gasteiger partial charge is 0.257 e. The van der Waals surface area contributed by atoms with E-state index in [-0.39, 0.29) is 5.91 Å². The first kappa shape index (κ1) is 14.3. The molecule has 0 aliphatic carbocycles. The van der Waals surface area contributed by atoms with E-state index < -0.39 is 0 Å². The number of hydrogen-bond donors (Lipinski definition) is 1. The molecule has 19 heavy (non-hydrogen) atoms. The van der Waals surface area contributed by atoms with Crippen LogP contribution in [0.1, 0.15) is 16.1 Å². The summed E-state index contributed by atoms with van der Waals surface area (Å²) in [6, 6.07) is 8.42. The molecule has 1 heterocycles. The van der Waals surface area contributed by atoms with E-state index in [0.717, 1.165) is 4.47 Å². The highest BCUT2D eigenvalue weighted by atomic mass is 79.9. The van der Waals surface area contributed by atoms with Crippen LogP contribution in [-0.4, -0.2) is 10.9 Å². The number of pyridine rings is 1. The van der Waals surface area contributed by atoms with Crippen LogP contribution in [-0.2, 0) is 0 Å². The summed E-state index contributed by atoms with van der Waals surface area (Å²) in [5.74, 6) is -0.293. The molecule has 98 valence electrons. The number of amides is 1. The third-order valence-corrected chi connectivity index (χ3v) is 3.51. The van der Waals surface area contributed by atoms with E-state index in [2.05, 4.69) is 26.2 Å². The Morgan fingerprint density at radius 2 is 2.00 bits per heavy atom. The van der Waals surface area contributed by atoms with E-state index in [1.165, 1.54) is 0 Å². The SMILES string of the molecule is Cc1nc(Cl)ccc1NC(=O)c1cc(Br)ccc1Cl. The monoisotopic (exact) mass is 358 g/mol. The molecule has 0 radical (unpaired) electrons. The Kier molecular flexibility index (Phi) is 4.45. The average Bonchev–Trinajstić information content (AvgIpc) is 2.35. The molecule has 0 aliphatic rings. The standard InChI is InChI=1S/C13H9BrCl2N2O/c1-7-11(4-5-12(16)17-7)18-13(19)9-6-8(14)2-3-10(9)15/h2-6H,1H3,(H,18,19). The minimum atomic E-state index is -0.293. The summed E-state index contributed by atoms with van der Waals surface area (Å²) in [6.45, 7) is 1.77. The number of carbonyl (C=O) groups excluding carboxylic acids is 1. The van der Waals surface area contributed by atoms with Crippen molar-refractivity contribution in [2.24, 2.45) is 0 Å². The Morgan fingerprint density at radius 3 is 2.68 bits per heavy atom. The molecule has 0 atom stereocenters. The van der Waals surface area contributed by atoms with Crippen LogP contribution in [0.2, 0.25) is 10.2 Å². The number of aromatic nitrogens is 1. The van der Waals surface area contributed by atoms with E-state index in [0.29, 0.717) is 27.1 Å². The summed E-state index contributed by atoms with van der Waals surface area (Å²) >= 11 is 15.1. The molecule has 2 rings (SSSR count). The van der Waals surface area contributed by atoms with Crippen LogP contribution in [0.25, 0.3) is 0 Å². The van der Waals surface area contributed by atoms with Gasteiger partial charge in [-0.3, -0.25) is 4.79 Å². The van der Waals surface area contributed by atoms with Gasteiger partial charge in [0, 0.05) is 4.47 Å². The third-order valence-electron chi connectivity index (χ3n) is 2.47. The van der Waals surface area contributed by atoms with E-state index in [9.17, 15) is 4.79 Å². The van der Waals surface area contributed by atoms with Gasteiger partial charge in [-0.05, 0) is 37.3 Å². The molecule has 0 fully saturated rings. The highest BCUT2D eigenvalue weighted by Crippen LogP contribution is 2.23. The maximum Gasteiger partial charge on any atom is 0.257 e. The zero-order valence-corrected chi connectivity index (χ0v) is 13.0. The van der Waals surface area contributed by atoms with Gasteiger partial charge in [-0.2, -0.15) is 0 Å². The topological polar surface area (TPSA) is 42.0 Å². The lowest BCUT2D eigenvalue weighted by Gasteiger charge is -2.09. The molecule has 0 spiro atoms. The Balaban J connectivity index is 2.28. The third kappa shape index (κ3) is 3.47. The van der Waals surface area contributed by atoms with Crippen LogP contribution in [0.4, 0.5) is 5.69 Å². The fourth-order valence-electron chi connectivity index (χ4n) is 1.52. The average molecular weight is 360 g/mol. The lowest BCUT2D eigenvalue weighted by molar-refractivity contribution is 0.102. The van der Waals surface area contributed by atoms with Gasteiger partial charge in [-0.15, -0.1) is 0 Å². The number of carbonyl (C=O) groups is 1. The van der Waals surface area contributed by atoms with Crippen LogP contribution >= 0.6 is 39.1 Å². The lowest BCUT2D eigenvalue weighted by atomic mass is 10.2. The van der Waals surface area contributed by atoms with Gasteiger partial charge in [0.05, 0.1) is 22.0 Å². The molecule has 0 saturated carbocycles. The minimum Gasteiger partial charge on any atom is -0.320 e. The van der Waals surface area contributed by atoms with Gasteiger partial charge in [-0.25, -0.2) is 4.98 Å². The van der Waals surface area contributed by atoms with Crippen molar-refractivity contribution in [1.82, 2.24) is 4.98 Å². The van der Waals surface area contributed by atoms with Crippen molar-refractivity contribution in [3.05, 3.63) is 56.2 Å². The van der Waals surface area contributed by atoms with Gasteiger partial charge < -0.3 is 5.32 Å². The maximum atomic E-state index is 12.1. The fraction of sp³-hybridized carbons (Fsp3) is 0.0769. The molecule has 1 amide bonds. The second kappa shape index (κ2) is 5.90. The summed E-state index contributed by atoms with van der Waals surface area (Å²) in [5.41, 5.74) is 1.64. The largest absolute Gasteiger partial charge is 0.320 e. The zero-order valence-electron chi connectivity index (χ0n) is 9.88. The van der Waals surface area contributed by atoms with Crippen LogP contribution in [0.5, 0.6) is 0 Å². The lowest BCUT2D eigenvalue weighted by Crippen LogP contribution is -2.13. The molecule has 3 nitrogen and oxygen atoms in total. The number of halogens is 3. The van der Waals surface area contributed by atoms with Crippen LogP contribution in [0.15, 0.2) is 34.8 Å². The molecule has 1 N–H and O–H groups in total. The Bertz CT molecular complexity index is 647. The van der Waals surface area contributed by atoms with Crippen molar-refractivity contribution in [3.63, 3.8) is 0 Å². The molecule has 0 unspecified atom stereocenters. The van der Waals surface area contributed by atoms with E-state index in [4.69, 9.17) is 23.2 Å². The molecular weight excluding hydrogens is 351 g/mol. The van der Waals surface area contributed by atoms with Gasteiger partial charge in [0.15, 0.2) is 0 Å². The van der Waals surface area contributed by atoms with Crippen LogP contribution in [0, 0.1) is 6.92 Å². The van der Waals surface area contributed by atoms with Gasteiger partial charge in [0.25, 0.3) is 5.91 Å². The Labute approximate surface area is 129 Å². The number of aryl methyl sites for hydroxylation is 1. The molecule has 0 bridgehead atoms. The summed E-state index contributed by atoms with van der Waals surface area (Å²) in [6.07, 6.45) is 0. The van der Waals surface area contributed by atoms with E-state index in [1.807, 2.05) is 0 Å². The summed E-state index contributed by atoms with van der Waals surface area (Å²) in [4.78, 5) is 16.2. The summed E-state index contributed by atoms with van der Waals surface area (Å²) in [5, 5.41) is 3.53. The highest BCUT2D eigenvalue weighted by Gasteiger charge is 2.12. The molecule has 0 saturated heterocycles. The first-order valence-corrected chi connectivity index (χ1v) is 6.92. The van der Waals surface area contributed by atoms with Crippen molar-refractivity contribution >= 4 is 50.7 Å². The number of anilines is 1. The van der Waals surface area contributed by atoms with Crippen molar-refractivity contribution in [2.45, 2.75) is 6.92 Å². The number of nitrogens with zero attached hydrogens (tertiary/aromatic N) is 1. The quantitative estimate of drug-likeness (QED) is 0.789. The first-order chi connectivity index (χ1) is 8.97. The molecule has 6 heteroatoms. The highest BCUT2D eigenvalue weighted by molar-refractivity contribution is 9.10. The predicted molar refractivity (Wildman–Crippen MR) is 81.1 cm³/mol. The second-order valence-corrected chi connectivity index (χ2v) is 5.56. The fourth-order valence-corrected chi connectivity index (χ4v) is 2.28. The maximum absolute atomic E-state index is 12.1. The summed E-state index contributed by atoms with van der Waals surface area (Å²) < 4.78 is 0.785. The molecule has 2 aromatic rings. The van der Waals surface area contributed by atoms with Crippen LogP contribution < -0.4 is 5.32 Å². The minimum absolute atomic E-state index is 0.293. The molecular formula is C13H9BrCl2N2O. The Hall–Kier alpha value is -1.10. The van der Waals surface area contributed by atoms with E-state index >= 15 is 0 Å². The number of hydrogen-bond acceptors (Lipinski definition) is 2. The normalized spacial score (nSPS) is 10.3. The van der Waals surface area contributed by atoms with Crippen molar-refractivity contribution < 1.29 is 4.79 Å². The van der Waals surface area contributed by atoms with Gasteiger partial charge in [0.2, 0.25) is 0 Å². The summed E-state index contributed by atoms with van der Waals surface area (Å²) in [7, 11) is 0.